The number of hydrogen-bond acceptors (Lipinski definition) is 9. The Kier molecular flexibility index (Phi) is 11.2. The van der Waals surface area contributed by atoms with Gasteiger partial charge in [-0.3, -0.25) is 0 Å². The number of rotatable bonds is 13. The van der Waals surface area contributed by atoms with Gasteiger partial charge in [0.25, 0.3) is 0 Å². The number of alkyl carbamates (subject to hydrolysis) is 1. The van der Waals surface area contributed by atoms with Crippen molar-refractivity contribution in [3.05, 3.63) is 60.2 Å². The van der Waals surface area contributed by atoms with Crippen molar-refractivity contribution in [3.8, 4) is 5.75 Å². The van der Waals surface area contributed by atoms with Crippen LogP contribution in [0.1, 0.15) is 45.1 Å². The lowest BCUT2D eigenvalue weighted by atomic mass is 10.0. The highest BCUT2D eigenvalue weighted by molar-refractivity contribution is 7.89. The molecular formula is C32H44N2O9S. The molecule has 0 saturated carbocycles. The van der Waals surface area contributed by atoms with Gasteiger partial charge in [-0.1, -0.05) is 50.2 Å². The van der Waals surface area contributed by atoms with E-state index in [9.17, 15) is 18.3 Å². The molecule has 0 aromatic heterocycles. The molecule has 5 rings (SSSR count). The minimum absolute atomic E-state index is 0.0264. The molecule has 3 unspecified atom stereocenters. The number of amides is 1. The second-order valence-electron chi connectivity index (χ2n) is 12.1. The first kappa shape index (κ1) is 32.6. The lowest BCUT2D eigenvalue weighted by molar-refractivity contribution is -0.106. The van der Waals surface area contributed by atoms with Gasteiger partial charge in [0.15, 0.2) is 12.6 Å². The first-order valence-corrected chi connectivity index (χ1v) is 16.9. The highest BCUT2D eigenvalue weighted by atomic mass is 32.2. The summed E-state index contributed by atoms with van der Waals surface area (Å²) in [6.45, 7) is 5.16. The van der Waals surface area contributed by atoms with Gasteiger partial charge in [0.05, 0.1) is 42.8 Å². The molecule has 6 atom stereocenters. The van der Waals surface area contributed by atoms with E-state index >= 15 is 0 Å². The first-order chi connectivity index (χ1) is 21.2. The lowest BCUT2D eigenvalue weighted by Gasteiger charge is -2.31. The molecule has 0 bridgehead atoms. The van der Waals surface area contributed by atoms with Gasteiger partial charge in [-0.2, -0.15) is 4.31 Å². The van der Waals surface area contributed by atoms with Crippen molar-refractivity contribution in [2.75, 3.05) is 32.9 Å². The van der Waals surface area contributed by atoms with Crippen LogP contribution in [0.3, 0.4) is 0 Å². The average Bonchev–Trinajstić information content (AvgIpc) is 3.63. The van der Waals surface area contributed by atoms with Crippen LogP contribution in [0.15, 0.2) is 59.5 Å². The molecule has 1 amide bonds. The Bertz CT molecular complexity index is 1320. The molecule has 12 heteroatoms. The quantitative estimate of drug-likeness (QED) is 0.339. The lowest BCUT2D eigenvalue weighted by Crippen LogP contribution is -2.51. The third-order valence-corrected chi connectivity index (χ3v) is 9.95. The minimum Gasteiger partial charge on any atom is -0.465 e. The van der Waals surface area contributed by atoms with Gasteiger partial charge in [-0.15, -0.1) is 0 Å². The summed E-state index contributed by atoms with van der Waals surface area (Å²) in [7, 11) is -4.04. The second-order valence-corrected chi connectivity index (χ2v) is 14.0. The van der Waals surface area contributed by atoms with Crippen LogP contribution < -0.4 is 10.1 Å². The Morgan fingerprint density at radius 3 is 2.59 bits per heavy atom. The maximum Gasteiger partial charge on any atom is 0.407 e. The third kappa shape index (κ3) is 8.49. The van der Waals surface area contributed by atoms with Gasteiger partial charge in [-0.05, 0) is 49.3 Å². The minimum atomic E-state index is -4.04. The predicted octanol–water partition coefficient (Wildman–Crippen LogP) is 3.70. The molecule has 3 heterocycles. The predicted molar refractivity (Wildman–Crippen MR) is 161 cm³/mol. The number of ether oxygens (including phenoxy) is 5. The van der Waals surface area contributed by atoms with Gasteiger partial charge >= 0.3 is 6.09 Å². The summed E-state index contributed by atoms with van der Waals surface area (Å²) in [4.78, 5) is 13.1. The van der Waals surface area contributed by atoms with Crippen molar-refractivity contribution < 1.29 is 42.0 Å². The number of carbonyl (C=O) groups excluding carboxylic acids is 1. The monoisotopic (exact) mass is 632 g/mol. The van der Waals surface area contributed by atoms with Crippen LogP contribution in [-0.2, 0) is 35.4 Å². The van der Waals surface area contributed by atoms with Crippen LogP contribution in [-0.4, -0.2) is 87.7 Å². The molecule has 0 spiro atoms. The summed E-state index contributed by atoms with van der Waals surface area (Å²) in [5, 5.41) is 14.3. The van der Waals surface area contributed by atoms with E-state index in [1.807, 2.05) is 44.2 Å². The van der Waals surface area contributed by atoms with E-state index in [1.165, 1.54) is 16.4 Å². The summed E-state index contributed by atoms with van der Waals surface area (Å²) in [5.41, 5.74) is 0.873. The number of carbonyl (C=O) groups is 1. The topological polar surface area (TPSA) is 133 Å². The maximum absolute atomic E-state index is 14.0. The largest absolute Gasteiger partial charge is 0.465 e. The molecule has 44 heavy (non-hydrogen) atoms. The van der Waals surface area contributed by atoms with Crippen LogP contribution >= 0.6 is 0 Å². The van der Waals surface area contributed by atoms with Crippen molar-refractivity contribution in [3.63, 3.8) is 0 Å². The molecule has 3 fully saturated rings. The van der Waals surface area contributed by atoms with Crippen LogP contribution in [0.5, 0.6) is 5.75 Å². The Morgan fingerprint density at radius 1 is 1.02 bits per heavy atom. The number of aliphatic hydroxyl groups is 1. The van der Waals surface area contributed by atoms with Gasteiger partial charge in [0.1, 0.15) is 11.9 Å². The molecular weight excluding hydrogens is 588 g/mol. The Morgan fingerprint density at radius 2 is 1.84 bits per heavy atom. The number of sulfonamides is 1. The smallest absolute Gasteiger partial charge is 0.407 e. The van der Waals surface area contributed by atoms with Gasteiger partial charge in [0.2, 0.25) is 10.0 Å². The van der Waals surface area contributed by atoms with Gasteiger partial charge in [0, 0.05) is 25.6 Å². The molecule has 11 nitrogen and oxygen atoms in total. The Hall–Kier alpha value is -2.74. The van der Waals surface area contributed by atoms with Crippen molar-refractivity contribution in [1.82, 2.24) is 9.62 Å². The number of nitrogens with zero attached hydrogens (tertiary/aromatic N) is 1. The van der Waals surface area contributed by atoms with E-state index in [0.717, 1.165) is 31.2 Å². The number of benzene rings is 2. The Labute approximate surface area is 259 Å². The van der Waals surface area contributed by atoms with Crippen LogP contribution in [0.4, 0.5) is 4.79 Å². The Balaban J connectivity index is 1.31. The second kappa shape index (κ2) is 15.0. The number of nitrogens with one attached hydrogen (secondary N) is 1. The van der Waals surface area contributed by atoms with E-state index in [4.69, 9.17) is 23.7 Å². The molecule has 0 radical (unpaired) electrons. The van der Waals surface area contributed by atoms with Gasteiger partial charge < -0.3 is 34.1 Å². The maximum atomic E-state index is 14.0. The fraction of sp³-hybridized carbons (Fsp3) is 0.594. The molecule has 242 valence electrons. The van der Waals surface area contributed by atoms with Crippen molar-refractivity contribution in [1.29, 1.82) is 0 Å². The fourth-order valence-electron chi connectivity index (χ4n) is 5.85. The first-order valence-electron chi connectivity index (χ1n) is 15.5. The summed E-state index contributed by atoms with van der Waals surface area (Å²) in [6.07, 6.45) is 0.534. The third-order valence-electron chi connectivity index (χ3n) is 8.12. The number of fused-ring (bicyclic) bond motifs is 1. The van der Waals surface area contributed by atoms with Crippen molar-refractivity contribution >= 4 is 16.1 Å². The molecule has 3 aliphatic heterocycles. The zero-order valence-corrected chi connectivity index (χ0v) is 26.2. The van der Waals surface area contributed by atoms with Crippen molar-refractivity contribution in [2.45, 2.75) is 81.7 Å². The molecule has 3 aliphatic rings. The summed E-state index contributed by atoms with van der Waals surface area (Å²) in [5.74, 6) is 0.344. The number of hydrogen-bond donors (Lipinski definition) is 2. The van der Waals surface area contributed by atoms with E-state index in [-0.39, 0.29) is 49.1 Å². The van der Waals surface area contributed by atoms with E-state index < -0.39 is 40.7 Å². The van der Waals surface area contributed by atoms with Gasteiger partial charge in [-0.25, -0.2) is 13.2 Å². The number of aliphatic hydroxyl groups excluding tert-OH is 1. The van der Waals surface area contributed by atoms with Crippen LogP contribution in [0.25, 0.3) is 0 Å². The molecule has 2 aromatic carbocycles. The highest BCUT2D eigenvalue weighted by Gasteiger charge is 2.44. The van der Waals surface area contributed by atoms with E-state index in [0.29, 0.717) is 19.0 Å². The molecule has 2 aromatic rings. The summed E-state index contributed by atoms with van der Waals surface area (Å²) < 4.78 is 57.6. The van der Waals surface area contributed by atoms with Crippen LogP contribution in [0.2, 0.25) is 0 Å². The summed E-state index contributed by atoms with van der Waals surface area (Å²) >= 11 is 0. The van der Waals surface area contributed by atoms with Crippen LogP contribution in [0, 0.1) is 11.8 Å². The normalized spacial score (nSPS) is 25.0. The van der Waals surface area contributed by atoms with E-state index in [1.54, 1.807) is 12.1 Å². The fourth-order valence-corrected chi connectivity index (χ4v) is 7.51. The zero-order valence-electron chi connectivity index (χ0n) is 25.4. The average molecular weight is 633 g/mol. The highest BCUT2D eigenvalue weighted by Crippen LogP contribution is 2.33. The SMILES string of the molecule is CC(C)CN(C[C@@H](O)[C@H](Cc1ccccc1)NC(=O)OC1CO[C@H]2OCCC12)S(=O)(=O)c1cccc(OC2CCCCO2)c1. The molecule has 2 N–H and O–H groups in total. The van der Waals surface area contributed by atoms with Crippen molar-refractivity contribution in [2.24, 2.45) is 11.8 Å². The standard InChI is InChI=1S/C32H44N2O9S/c1-22(2)19-34(44(37,38)25-12-8-11-24(18-25)42-30-13-6-7-15-39-30)20-28(35)27(17-23-9-4-3-5-10-23)33-32(36)43-29-21-41-31-26(29)14-16-40-31/h3-5,8-12,18,22,26-31,35H,6-7,13-17,19-21H2,1-2H3,(H,33,36)/t26?,27-,28+,29?,30?,31+/m0/s1. The summed E-state index contributed by atoms with van der Waals surface area (Å²) in [6, 6.07) is 14.9. The zero-order chi connectivity index (χ0) is 31.1. The van der Waals surface area contributed by atoms with E-state index in [2.05, 4.69) is 5.32 Å². The molecule has 3 saturated heterocycles. The molecule has 0 aliphatic carbocycles.